The lowest BCUT2D eigenvalue weighted by Crippen LogP contribution is -1.97. The van der Waals surface area contributed by atoms with Crippen molar-refractivity contribution in [3.05, 3.63) is 144 Å². The molecule has 44 heavy (non-hydrogen) atoms. The van der Waals surface area contributed by atoms with Crippen LogP contribution >= 0.6 is 0 Å². The smallest absolute Gasteiger partial charge is 0.160 e. The summed E-state index contributed by atoms with van der Waals surface area (Å²) in [6.07, 6.45) is 0. The maximum Gasteiger partial charge on any atom is 0.160 e. The molecule has 0 fully saturated rings. The normalized spacial score (nSPS) is 10.9. The number of nitriles is 1. The Balaban J connectivity index is 1.33. The minimum atomic E-state index is 0.603. The summed E-state index contributed by atoms with van der Waals surface area (Å²) >= 11 is 0. The first-order valence-corrected chi connectivity index (χ1v) is 14.5. The Bertz CT molecular complexity index is 2100. The van der Waals surface area contributed by atoms with E-state index in [9.17, 15) is 5.26 Å². The van der Waals surface area contributed by atoms with Crippen molar-refractivity contribution < 1.29 is 0 Å². The average Bonchev–Trinajstić information content (AvgIpc) is 3.08. The highest BCUT2D eigenvalue weighted by Crippen LogP contribution is 2.33. The van der Waals surface area contributed by atoms with Crippen LogP contribution in [0.2, 0.25) is 0 Å². The number of fused-ring (bicyclic) bond motifs is 1. The molecule has 0 aliphatic heterocycles. The number of hydrogen-bond donors (Lipinski definition) is 0. The molecule has 0 aliphatic rings. The van der Waals surface area contributed by atoms with Crippen LogP contribution in [0.5, 0.6) is 0 Å². The van der Waals surface area contributed by atoms with Gasteiger partial charge >= 0.3 is 0 Å². The second-order valence-electron chi connectivity index (χ2n) is 10.9. The van der Waals surface area contributed by atoms with Crippen molar-refractivity contribution in [2.24, 2.45) is 0 Å². The molecule has 5 nitrogen and oxygen atoms in total. The molecule has 0 bridgehead atoms. The summed E-state index contributed by atoms with van der Waals surface area (Å²) in [5.74, 6) is 0.655. The Kier molecular flexibility index (Phi) is 6.94. The summed E-state index contributed by atoms with van der Waals surface area (Å²) in [5, 5.41) is 9.29. The molecule has 5 aromatic carbocycles. The third-order valence-electron chi connectivity index (χ3n) is 7.70. The van der Waals surface area contributed by atoms with Crippen LogP contribution in [0.1, 0.15) is 16.7 Å². The summed E-state index contributed by atoms with van der Waals surface area (Å²) in [6, 6.07) is 44.6. The monoisotopic (exact) mass is 565 g/mol. The molecule has 2 aromatic heterocycles. The molecule has 0 spiro atoms. The number of benzene rings is 5. The highest BCUT2D eigenvalue weighted by atomic mass is 14.9. The van der Waals surface area contributed by atoms with E-state index in [2.05, 4.69) is 86.6 Å². The van der Waals surface area contributed by atoms with Gasteiger partial charge in [-0.05, 0) is 44.2 Å². The number of hydrogen-bond acceptors (Lipinski definition) is 5. The minimum absolute atomic E-state index is 0.603. The van der Waals surface area contributed by atoms with Crippen LogP contribution in [-0.2, 0) is 0 Å². The second-order valence-corrected chi connectivity index (χ2v) is 10.9. The van der Waals surface area contributed by atoms with E-state index in [0.29, 0.717) is 11.4 Å². The zero-order valence-electron chi connectivity index (χ0n) is 24.4. The molecule has 0 unspecified atom stereocenters. The molecular weight excluding hydrogens is 538 g/mol. The number of aromatic nitrogens is 4. The van der Waals surface area contributed by atoms with Gasteiger partial charge in [0.25, 0.3) is 0 Å². The van der Waals surface area contributed by atoms with E-state index >= 15 is 0 Å². The fourth-order valence-corrected chi connectivity index (χ4v) is 5.20. The fourth-order valence-electron chi connectivity index (χ4n) is 5.20. The van der Waals surface area contributed by atoms with Gasteiger partial charge in [0, 0.05) is 27.8 Å². The van der Waals surface area contributed by atoms with Gasteiger partial charge in [-0.25, -0.2) is 19.9 Å². The first-order chi connectivity index (χ1) is 21.5. The van der Waals surface area contributed by atoms with E-state index in [4.69, 9.17) is 19.9 Å². The Hall–Kier alpha value is -5.99. The lowest BCUT2D eigenvalue weighted by molar-refractivity contribution is 1.18. The van der Waals surface area contributed by atoms with E-state index in [0.717, 1.165) is 61.6 Å². The Labute approximate surface area is 256 Å². The summed E-state index contributed by atoms with van der Waals surface area (Å²) < 4.78 is 0. The van der Waals surface area contributed by atoms with Crippen molar-refractivity contribution in [2.45, 2.75) is 13.8 Å². The van der Waals surface area contributed by atoms with E-state index in [-0.39, 0.29) is 0 Å². The van der Waals surface area contributed by atoms with Gasteiger partial charge in [0.15, 0.2) is 5.82 Å². The van der Waals surface area contributed by atoms with Crippen LogP contribution in [-0.4, -0.2) is 19.9 Å². The van der Waals surface area contributed by atoms with Crippen molar-refractivity contribution >= 4 is 11.0 Å². The second kappa shape index (κ2) is 11.4. The molecule has 7 rings (SSSR count). The molecule has 0 aliphatic carbocycles. The standard InChI is InChI=1S/C39H27N5/c1-25-7-13-28(14-8-25)35-23-36(29-15-9-26(2)10-16-29)44-39(43-35)32-21-19-31(20-22-32)38-37(30-17-11-27(24-40)12-18-30)41-33-5-3-4-6-34(33)42-38/h3-23H,1-2H3. The van der Waals surface area contributed by atoms with E-state index in [1.165, 1.54) is 11.1 Å². The molecular formula is C39H27N5. The maximum absolute atomic E-state index is 9.29. The molecule has 0 amide bonds. The summed E-state index contributed by atoms with van der Waals surface area (Å²) in [7, 11) is 0. The van der Waals surface area contributed by atoms with Gasteiger partial charge in [0.1, 0.15) is 0 Å². The number of aryl methyl sites for hydroxylation is 2. The number of nitrogens with zero attached hydrogens (tertiary/aromatic N) is 5. The predicted octanol–water partition coefficient (Wildman–Crippen LogP) is 9.24. The van der Waals surface area contributed by atoms with Crippen molar-refractivity contribution in [2.75, 3.05) is 0 Å². The summed E-state index contributed by atoms with van der Waals surface area (Å²) in [4.78, 5) is 20.0. The third kappa shape index (κ3) is 5.33. The number of rotatable bonds is 5. The van der Waals surface area contributed by atoms with Crippen LogP contribution < -0.4 is 0 Å². The molecule has 0 atom stereocenters. The van der Waals surface area contributed by atoms with E-state index in [1.54, 1.807) is 0 Å². The van der Waals surface area contributed by atoms with Crippen molar-refractivity contribution in [1.82, 2.24) is 19.9 Å². The summed E-state index contributed by atoms with van der Waals surface area (Å²) in [5.41, 5.74) is 12.8. The van der Waals surface area contributed by atoms with E-state index in [1.807, 2.05) is 60.7 Å². The predicted molar refractivity (Wildman–Crippen MR) is 176 cm³/mol. The van der Waals surface area contributed by atoms with Crippen LogP contribution in [0.4, 0.5) is 0 Å². The topological polar surface area (TPSA) is 75.3 Å². The van der Waals surface area contributed by atoms with Crippen LogP contribution in [0.3, 0.4) is 0 Å². The number of para-hydroxylation sites is 2. The van der Waals surface area contributed by atoms with Crippen molar-refractivity contribution in [3.63, 3.8) is 0 Å². The molecule has 0 saturated carbocycles. The quantitative estimate of drug-likeness (QED) is 0.208. The Morgan fingerprint density at radius 1 is 0.455 bits per heavy atom. The molecule has 0 radical (unpaired) electrons. The first-order valence-electron chi connectivity index (χ1n) is 14.5. The van der Waals surface area contributed by atoms with Crippen LogP contribution in [0, 0.1) is 25.2 Å². The van der Waals surface area contributed by atoms with Gasteiger partial charge in [0.2, 0.25) is 0 Å². The lowest BCUT2D eigenvalue weighted by atomic mass is 10.0. The van der Waals surface area contributed by atoms with Gasteiger partial charge in [-0.15, -0.1) is 0 Å². The van der Waals surface area contributed by atoms with Gasteiger partial charge in [-0.1, -0.05) is 108 Å². The third-order valence-corrected chi connectivity index (χ3v) is 7.70. The fraction of sp³-hybridized carbons (Fsp3) is 0.0513. The van der Waals surface area contributed by atoms with E-state index < -0.39 is 0 Å². The van der Waals surface area contributed by atoms with Gasteiger partial charge in [0.05, 0.1) is 45.4 Å². The van der Waals surface area contributed by atoms with Crippen LogP contribution in [0.15, 0.2) is 127 Å². The molecule has 5 heteroatoms. The molecule has 7 aromatic rings. The average molecular weight is 566 g/mol. The van der Waals surface area contributed by atoms with Gasteiger partial charge in [-0.3, -0.25) is 0 Å². The van der Waals surface area contributed by atoms with Crippen molar-refractivity contribution in [3.8, 4) is 62.5 Å². The zero-order valence-corrected chi connectivity index (χ0v) is 24.4. The van der Waals surface area contributed by atoms with Crippen molar-refractivity contribution in [1.29, 1.82) is 5.26 Å². The van der Waals surface area contributed by atoms with Gasteiger partial charge < -0.3 is 0 Å². The molecule has 2 heterocycles. The Morgan fingerprint density at radius 2 is 0.864 bits per heavy atom. The highest BCUT2D eigenvalue weighted by molar-refractivity contribution is 5.86. The molecule has 0 saturated heterocycles. The first kappa shape index (κ1) is 26.9. The summed E-state index contributed by atoms with van der Waals surface area (Å²) in [6.45, 7) is 4.17. The maximum atomic E-state index is 9.29. The molecule has 208 valence electrons. The lowest BCUT2D eigenvalue weighted by Gasteiger charge is -2.12. The molecule has 0 N–H and O–H groups in total. The Morgan fingerprint density at radius 3 is 1.32 bits per heavy atom. The highest BCUT2D eigenvalue weighted by Gasteiger charge is 2.15. The minimum Gasteiger partial charge on any atom is -0.244 e. The largest absolute Gasteiger partial charge is 0.244 e. The zero-order chi connectivity index (χ0) is 30.0. The van der Waals surface area contributed by atoms with Gasteiger partial charge in [-0.2, -0.15) is 5.26 Å². The SMILES string of the molecule is Cc1ccc(-c2cc(-c3ccc(C)cc3)nc(-c3ccc(-c4nc5ccccc5nc4-c4ccc(C#N)cc4)cc3)n2)cc1. The van der Waals surface area contributed by atoms with Crippen LogP contribution in [0.25, 0.3) is 67.5 Å².